The fraction of sp³-hybridized carbons (Fsp3) is 1.00. The number of hydrogen-bond acceptors (Lipinski definition) is 1. The Kier molecular flexibility index (Phi) is 4.45. The van der Waals surface area contributed by atoms with Gasteiger partial charge in [-0.3, -0.25) is 0 Å². The minimum Gasteiger partial charge on any atom is -0.307 e. The molecule has 0 bridgehead atoms. The smallest absolute Gasteiger partial charge is 0.00441 e. The number of nitrogens with zero attached hydrogens (tertiary/aromatic N) is 1. The Bertz CT molecular complexity index is 39.1. The molecule has 1 nitrogen and oxygen atoms in total. The minimum absolute atomic E-state index is 1.20. The predicted molar refractivity (Wildman–Crippen MR) is 37.9 cm³/mol. The first kappa shape index (κ1) is 7.18. The Morgan fingerprint density at radius 1 is 1.57 bits per heavy atom. The van der Waals surface area contributed by atoms with Crippen LogP contribution >= 0.6 is 0 Å². The van der Waals surface area contributed by atoms with Crippen molar-refractivity contribution in [2.24, 2.45) is 0 Å². The van der Waals surface area contributed by atoms with E-state index in [-0.39, 0.29) is 0 Å². The van der Waals surface area contributed by atoms with Crippen LogP contribution in [0.2, 0.25) is 6.04 Å². The molecule has 0 aliphatic rings. The van der Waals surface area contributed by atoms with Crippen LogP contribution < -0.4 is 0 Å². The summed E-state index contributed by atoms with van der Waals surface area (Å²) in [4.78, 5) is 2.34. The first-order valence-electron chi connectivity index (χ1n) is 2.99. The highest BCUT2D eigenvalue weighted by Crippen LogP contribution is 1.80. The Balaban J connectivity index is 2.83. The second-order valence-electron chi connectivity index (χ2n) is 1.90. The van der Waals surface area contributed by atoms with E-state index in [1.807, 2.05) is 0 Å². The van der Waals surface area contributed by atoms with Gasteiger partial charge < -0.3 is 4.90 Å². The molecule has 0 N–H and O–H groups in total. The lowest BCUT2D eigenvalue weighted by molar-refractivity contribution is 0.373. The average molecular weight is 117 g/mol. The molecule has 7 heavy (non-hydrogen) atoms. The Hall–Kier alpha value is 0.177. The third-order valence-electron chi connectivity index (χ3n) is 1.15. The number of hydrogen-bond donors (Lipinski definition) is 0. The third-order valence-corrected chi connectivity index (χ3v) is 1.59. The summed E-state index contributed by atoms with van der Waals surface area (Å²) in [5.74, 6) is 0. The fourth-order valence-corrected chi connectivity index (χ4v) is 1.30. The second-order valence-corrected chi connectivity index (χ2v) is 2.90. The molecule has 0 aromatic carbocycles. The molecule has 0 atom stereocenters. The fourth-order valence-electron chi connectivity index (χ4n) is 0.540. The zero-order chi connectivity index (χ0) is 5.70. The minimum atomic E-state index is 1.20. The molecule has 44 valence electrons. The number of rotatable bonds is 3. The van der Waals surface area contributed by atoms with Crippen LogP contribution in [0.25, 0.3) is 0 Å². The van der Waals surface area contributed by atoms with Crippen molar-refractivity contribution in [3.8, 4) is 0 Å². The normalized spacial score (nSPS) is 10.7. The molecule has 0 aromatic heterocycles. The molecule has 0 unspecified atom stereocenters. The largest absolute Gasteiger partial charge is 0.307 e. The van der Waals surface area contributed by atoms with E-state index in [1.165, 1.54) is 29.4 Å². The maximum atomic E-state index is 2.34. The summed E-state index contributed by atoms with van der Waals surface area (Å²) in [5, 5.41) is 0. The topological polar surface area (TPSA) is 3.24 Å². The lowest BCUT2D eigenvalue weighted by atomic mass is 10.6. The molecule has 0 saturated heterocycles. The van der Waals surface area contributed by atoms with E-state index in [4.69, 9.17) is 0 Å². The van der Waals surface area contributed by atoms with E-state index in [2.05, 4.69) is 18.9 Å². The summed E-state index contributed by atoms with van der Waals surface area (Å²) in [7, 11) is 3.51. The van der Waals surface area contributed by atoms with Crippen molar-refractivity contribution in [3.05, 3.63) is 0 Å². The van der Waals surface area contributed by atoms with Crippen LogP contribution in [-0.2, 0) is 0 Å². The average Bonchev–Trinajstić information content (AvgIpc) is 1.68. The van der Waals surface area contributed by atoms with Gasteiger partial charge in [-0.25, -0.2) is 0 Å². The molecule has 0 aliphatic heterocycles. The zero-order valence-electron chi connectivity index (χ0n) is 5.57. The maximum absolute atomic E-state index is 2.34. The Morgan fingerprint density at radius 2 is 2.14 bits per heavy atom. The van der Waals surface area contributed by atoms with Crippen LogP contribution in [0.3, 0.4) is 0 Å². The van der Waals surface area contributed by atoms with Crippen molar-refractivity contribution in [1.82, 2.24) is 4.90 Å². The quantitative estimate of drug-likeness (QED) is 0.460. The maximum Gasteiger partial charge on any atom is 0.00441 e. The molecular weight excluding hydrogens is 102 g/mol. The lowest BCUT2D eigenvalue weighted by Gasteiger charge is -2.10. The zero-order valence-corrected chi connectivity index (χ0v) is 7.57. The van der Waals surface area contributed by atoms with Gasteiger partial charge in [-0.2, -0.15) is 0 Å². The van der Waals surface area contributed by atoms with Gasteiger partial charge >= 0.3 is 0 Å². The molecule has 0 saturated carbocycles. The van der Waals surface area contributed by atoms with Crippen molar-refractivity contribution in [3.63, 3.8) is 0 Å². The van der Waals surface area contributed by atoms with Crippen LogP contribution in [0.15, 0.2) is 0 Å². The molecule has 0 rings (SSSR count). The highest BCUT2D eigenvalue weighted by molar-refractivity contribution is 6.08. The Labute approximate surface area is 49.1 Å². The van der Waals surface area contributed by atoms with Crippen LogP contribution in [0, 0.1) is 0 Å². The van der Waals surface area contributed by atoms with E-state index in [9.17, 15) is 0 Å². The van der Waals surface area contributed by atoms with E-state index < -0.39 is 0 Å². The molecule has 0 aromatic rings. The van der Waals surface area contributed by atoms with E-state index in [0.29, 0.717) is 0 Å². The first-order chi connectivity index (χ1) is 3.31. The molecule has 0 spiro atoms. The van der Waals surface area contributed by atoms with E-state index >= 15 is 0 Å². The summed E-state index contributed by atoms with van der Waals surface area (Å²) in [5.41, 5.74) is 0. The van der Waals surface area contributed by atoms with Gasteiger partial charge in [-0.15, -0.1) is 0 Å². The van der Waals surface area contributed by atoms with Crippen LogP contribution in [0.5, 0.6) is 0 Å². The van der Waals surface area contributed by atoms with E-state index in [1.54, 1.807) is 0 Å². The van der Waals surface area contributed by atoms with Crippen molar-refractivity contribution in [1.29, 1.82) is 0 Å². The van der Waals surface area contributed by atoms with Gasteiger partial charge in [0.15, 0.2) is 0 Å². The highest BCUT2D eigenvalue weighted by Gasteiger charge is 1.86. The van der Waals surface area contributed by atoms with Crippen LogP contribution in [0.1, 0.15) is 6.92 Å². The Morgan fingerprint density at radius 3 is 2.29 bits per heavy atom. The molecule has 0 fully saturated rings. The molecule has 0 heterocycles. The summed E-state index contributed by atoms with van der Waals surface area (Å²) in [6.07, 6.45) is 0. The van der Waals surface area contributed by atoms with Crippen LogP contribution in [-0.4, -0.2) is 35.3 Å². The molecule has 0 aliphatic carbocycles. The van der Waals surface area contributed by atoms with Gasteiger partial charge in [-0.1, -0.05) is 13.0 Å². The monoisotopic (exact) mass is 117 g/mol. The van der Waals surface area contributed by atoms with Crippen molar-refractivity contribution in [2.75, 3.05) is 20.1 Å². The SMILES string of the molecule is CCN(C)CC[SiH3]. The molecule has 2 heteroatoms. The molecule has 0 amide bonds. The van der Waals surface area contributed by atoms with Gasteiger partial charge in [0, 0.05) is 10.2 Å². The van der Waals surface area contributed by atoms with Crippen molar-refractivity contribution < 1.29 is 0 Å². The molecular formula is C5H15NSi. The van der Waals surface area contributed by atoms with Gasteiger partial charge in [0.25, 0.3) is 0 Å². The summed E-state index contributed by atoms with van der Waals surface area (Å²) in [6.45, 7) is 4.68. The summed E-state index contributed by atoms with van der Waals surface area (Å²) in [6, 6.07) is 1.41. The first-order valence-corrected chi connectivity index (χ1v) is 4.41. The van der Waals surface area contributed by atoms with Gasteiger partial charge in [-0.05, 0) is 20.1 Å². The van der Waals surface area contributed by atoms with Gasteiger partial charge in [0.2, 0.25) is 0 Å². The van der Waals surface area contributed by atoms with Crippen LogP contribution in [0.4, 0.5) is 0 Å². The standard InChI is InChI=1S/C5H15NSi/c1-3-6(2)4-5-7/h3-5H2,1-2,7H3. The summed E-state index contributed by atoms with van der Waals surface area (Å²) < 4.78 is 0. The van der Waals surface area contributed by atoms with Crippen molar-refractivity contribution >= 4 is 10.2 Å². The highest BCUT2D eigenvalue weighted by atomic mass is 28.1. The molecule has 0 radical (unpaired) electrons. The third kappa shape index (κ3) is 4.02. The van der Waals surface area contributed by atoms with Crippen molar-refractivity contribution in [2.45, 2.75) is 13.0 Å². The van der Waals surface area contributed by atoms with Gasteiger partial charge in [0.05, 0.1) is 0 Å². The summed E-state index contributed by atoms with van der Waals surface area (Å²) >= 11 is 0. The lowest BCUT2D eigenvalue weighted by Crippen LogP contribution is -2.17. The second kappa shape index (κ2) is 4.34. The predicted octanol–water partition coefficient (Wildman–Crippen LogP) is -0.278. The van der Waals surface area contributed by atoms with Gasteiger partial charge in [0.1, 0.15) is 0 Å². The van der Waals surface area contributed by atoms with E-state index in [0.717, 1.165) is 0 Å².